The first-order valence-corrected chi connectivity index (χ1v) is 9.97. The second kappa shape index (κ2) is 9.92. The maximum atomic E-state index is 5.72. The van der Waals surface area contributed by atoms with Crippen molar-refractivity contribution in [2.45, 2.75) is 44.6 Å². The predicted molar refractivity (Wildman–Crippen MR) is 103 cm³/mol. The Morgan fingerprint density at radius 2 is 2.38 bits per heavy atom. The van der Waals surface area contributed by atoms with Gasteiger partial charge in [-0.05, 0) is 38.2 Å². The SMILES string of the molecule is CCNC(=NCCCOCC1CCCO1)N1CCC(c2cnn(C)c2)C1. The zero-order valence-corrected chi connectivity index (χ0v) is 16.2. The van der Waals surface area contributed by atoms with E-state index in [4.69, 9.17) is 14.5 Å². The Bertz CT molecular complexity index is 568. The Morgan fingerprint density at radius 3 is 3.12 bits per heavy atom. The summed E-state index contributed by atoms with van der Waals surface area (Å²) in [7, 11) is 1.97. The van der Waals surface area contributed by atoms with Crippen LogP contribution in [0.3, 0.4) is 0 Å². The molecule has 2 aliphatic heterocycles. The van der Waals surface area contributed by atoms with Crippen molar-refractivity contribution in [3.05, 3.63) is 18.0 Å². The third-order valence-corrected chi connectivity index (χ3v) is 5.06. The number of ether oxygens (including phenoxy) is 2. The lowest BCUT2D eigenvalue weighted by Gasteiger charge is -2.21. The van der Waals surface area contributed by atoms with Crippen molar-refractivity contribution >= 4 is 5.96 Å². The molecule has 2 atom stereocenters. The average molecular weight is 364 g/mol. The summed E-state index contributed by atoms with van der Waals surface area (Å²) in [5.41, 5.74) is 1.33. The Hall–Kier alpha value is -1.60. The molecule has 0 aliphatic carbocycles. The third-order valence-electron chi connectivity index (χ3n) is 5.06. The molecule has 3 rings (SSSR count). The van der Waals surface area contributed by atoms with Crippen LogP contribution in [0.25, 0.3) is 0 Å². The van der Waals surface area contributed by atoms with E-state index < -0.39 is 0 Å². The molecule has 1 aromatic heterocycles. The van der Waals surface area contributed by atoms with Gasteiger partial charge in [0, 0.05) is 58.6 Å². The van der Waals surface area contributed by atoms with Gasteiger partial charge in [0.25, 0.3) is 0 Å². The van der Waals surface area contributed by atoms with Gasteiger partial charge in [0.15, 0.2) is 5.96 Å². The molecule has 2 saturated heterocycles. The standard InChI is InChI=1S/C19H33N5O2/c1-3-20-19(21-8-5-10-25-15-18-6-4-11-26-18)24-9-7-16(14-24)17-12-22-23(2)13-17/h12-13,16,18H,3-11,14-15H2,1-2H3,(H,20,21). The van der Waals surface area contributed by atoms with Gasteiger partial charge in [-0.3, -0.25) is 9.67 Å². The molecule has 26 heavy (non-hydrogen) atoms. The molecule has 2 aliphatic rings. The van der Waals surface area contributed by atoms with E-state index in [-0.39, 0.29) is 0 Å². The number of nitrogens with zero attached hydrogens (tertiary/aromatic N) is 4. The van der Waals surface area contributed by atoms with Crippen molar-refractivity contribution < 1.29 is 9.47 Å². The van der Waals surface area contributed by atoms with Crippen molar-refractivity contribution in [1.29, 1.82) is 0 Å². The topological polar surface area (TPSA) is 63.9 Å². The van der Waals surface area contributed by atoms with Gasteiger partial charge in [-0.15, -0.1) is 0 Å². The Balaban J connectivity index is 1.40. The van der Waals surface area contributed by atoms with Crippen LogP contribution in [0.15, 0.2) is 17.4 Å². The highest BCUT2D eigenvalue weighted by Crippen LogP contribution is 2.26. The Kier molecular flexibility index (Phi) is 7.32. The first kappa shape index (κ1) is 19.2. The molecule has 2 unspecified atom stereocenters. The lowest BCUT2D eigenvalue weighted by Crippen LogP contribution is -2.40. The quantitative estimate of drug-likeness (QED) is 0.433. The van der Waals surface area contributed by atoms with Crippen LogP contribution >= 0.6 is 0 Å². The van der Waals surface area contributed by atoms with Crippen LogP contribution in [-0.2, 0) is 16.5 Å². The molecular weight excluding hydrogens is 330 g/mol. The number of aryl methyl sites for hydroxylation is 1. The fraction of sp³-hybridized carbons (Fsp3) is 0.789. The first-order valence-electron chi connectivity index (χ1n) is 9.97. The molecule has 0 spiro atoms. The van der Waals surface area contributed by atoms with Gasteiger partial charge in [0.1, 0.15) is 0 Å². The normalized spacial score (nSPS) is 23.8. The number of aliphatic imine (C=N–C) groups is 1. The first-order chi connectivity index (χ1) is 12.8. The number of nitrogens with one attached hydrogen (secondary N) is 1. The fourth-order valence-electron chi connectivity index (χ4n) is 3.64. The van der Waals surface area contributed by atoms with Crippen LogP contribution in [0.1, 0.15) is 44.1 Å². The molecule has 0 amide bonds. The number of hydrogen-bond donors (Lipinski definition) is 1. The van der Waals surface area contributed by atoms with Gasteiger partial charge in [-0.1, -0.05) is 0 Å². The molecule has 1 N–H and O–H groups in total. The summed E-state index contributed by atoms with van der Waals surface area (Å²) in [4.78, 5) is 7.17. The summed E-state index contributed by atoms with van der Waals surface area (Å²) >= 11 is 0. The van der Waals surface area contributed by atoms with Crippen LogP contribution in [0, 0.1) is 0 Å². The third kappa shape index (κ3) is 5.45. The highest BCUT2D eigenvalue weighted by atomic mass is 16.5. The fourth-order valence-corrected chi connectivity index (χ4v) is 3.64. The van der Waals surface area contributed by atoms with E-state index in [0.717, 1.165) is 71.2 Å². The monoisotopic (exact) mass is 363 g/mol. The summed E-state index contributed by atoms with van der Waals surface area (Å²) < 4.78 is 13.2. The van der Waals surface area contributed by atoms with Crippen molar-refractivity contribution in [2.75, 3.05) is 46.0 Å². The molecule has 7 heteroatoms. The van der Waals surface area contributed by atoms with Crippen molar-refractivity contribution in [2.24, 2.45) is 12.0 Å². The number of rotatable bonds is 8. The lowest BCUT2D eigenvalue weighted by molar-refractivity contribution is 0.0170. The number of likely N-dealkylation sites (tertiary alicyclic amines) is 1. The van der Waals surface area contributed by atoms with E-state index in [1.807, 2.05) is 17.9 Å². The predicted octanol–water partition coefficient (Wildman–Crippen LogP) is 1.76. The van der Waals surface area contributed by atoms with E-state index in [2.05, 4.69) is 28.4 Å². The maximum Gasteiger partial charge on any atom is 0.193 e. The molecule has 1 aromatic rings. The van der Waals surface area contributed by atoms with Gasteiger partial charge in [0.05, 0.1) is 18.9 Å². The van der Waals surface area contributed by atoms with Gasteiger partial charge >= 0.3 is 0 Å². The molecule has 0 saturated carbocycles. The van der Waals surface area contributed by atoms with Crippen molar-refractivity contribution in [3.63, 3.8) is 0 Å². The molecule has 2 fully saturated rings. The number of guanidine groups is 1. The second-order valence-electron chi connectivity index (χ2n) is 7.18. The number of hydrogen-bond acceptors (Lipinski definition) is 4. The summed E-state index contributed by atoms with van der Waals surface area (Å²) in [6.07, 6.45) is 8.83. The maximum absolute atomic E-state index is 5.72. The van der Waals surface area contributed by atoms with E-state index >= 15 is 0 Å². The van der Waals surface area contributed by atoms with Crippen LogP contribution in [0.4, 0.5) is 0 Å². The highest BCUT2D eigenvalue weighted by molar-refractivity contribution is 5.80. The van der Waals surface area contributed by atoms with Crippen LogP contribution in [0.5, 0.6) is 0 Å². The molecule has 146 valence electrons. The van der Waals surface area contributed by atoms with E-state index in [9.17, 15) is 0 Å². The molecule has 0 bridgehead atoms. The van der Waals surface area contributed by atoms with Gasteiger partial charge in [-0.25, -0.2) is 0 Å². The van der Waals surface area contributed by atoms with Crippen LogP contribution in [-0.4, -0.2) is 72.7 Å². The molecule has 0 radical (unpaired) electrons. The highest BCUT2D eigenvalue weighted by Gasteiger charge is 2.26. The van der Waals surface area contributed by atoms with Crippen LogP contribution in [0.2, 0.25) is 0 Å². The zero-order chi connectivity index (χ0) is 18.2. The molecule has 7 nitrogen and oxygen atoms in total. The lowest BCUT2D eigenvalue weighted by atomic mass is 10.0. The summed E-state index contributed by atoms with van der Waals surface area (Å²) in [5.74, 6) is 1.57. The zero-order valence-electron chi connectivity index (χ0n) is 16.2. The Morgan fingerprint density at radius 1 is 1.46 bits per heavy atom. The minimum atomic E-state index is 0.310. The second-order valence-corrected chi connectivity index (χ2v) is 7.18. The molecule has 3 heterocycles. The number of aromatic nitrogens is 2. The van der Waals surface area contributed by atoms with Crippen LogP contribution < -0.4 is 5.32 Å². The molecular formula is C19H33N5O2. The van der Waals surface area contributed by atoms with Gasteiger partial charge in [0.2, 0.25) is 0 Å². The van der Waals surface area contributed by atoms with E-state index in [0.29, 0.717) is 12.0 Å². The van der Waals surface area contributed by atoms with Crippen molar-refractivity contribution in [3.8, 4) is 0 Å². The average Bonchev–Trinajstić information content (AvgIpc) is 3.38. The van der Waals surface area contributed by atoms with Crippen molar-refractivity contribution in [1.82, 2.24) is 20.0 Å². The summed E-state index contributed by atoms with van der Waals surface area (Å²) in [5, 5.41) is 7.74. The Labute approximate surface area is 156 Å². The van der Waals surface area contributed by atoms with Gasteiger partial charge in [-0.2, -0.15) is 5.10 Å². The summed E-state index contributed by atoms with van der Waals surface area (Å²) in [6.45, 7) is 8.22. The smallest absolute Gasteiger partial charge is 0.193 e. The minimum absolute atomic E-state index is 0.310. The molecule has 0 aromatic carbocycles. The summed E-state index contributed by atoms with van der Waals surface area (Å²) in [6, 6.07) is 0. The van der Waals surface area contributed by atoms with E-state index in [1.165, 1.54) is 12.0 Å². The van der Waals surface area contributed by atoms with Gasteiger partial charge < -0.3 is 19.7 Å². The minimum Gasteiger partial charge on any atom is -0.379 e. The largest absolute Gasteiger partial charge is 0.379 e. The van der Waals surface area contributed by atoms with E-state index in [1.54, 1.807) is 0 Å².